The fourth-order valence-corrected chi connectivity index (χ4v) is 1.45. The van der Waals surface area contributed by atoms with Crippen LogP contribution < -0.4 is 5.32 Å². The number of aryl methyl sites for hydroxylation is 2. The number of rotatable bonds is 5. The molecule has 7 heteroatoms. The van der Waals surface area contributed by atoms with Crippen LogP contribution in [-0.2, 0) is 20.1 Å². The van der Waals surface area contributed by atoms with Gasteiger partial charge in [-0.3, -0.25) is 4.68 Å². The molecule has 0 aliphatic carbocycles. The van der Waals surface area contributed by atoms with Gasteiger partial charge in [0.1, 0.15) is 6.67 Å². The van der Waals surface area contributed by atoms with Crippen molar-refractivity contribution in [2.45, 2.75) is 13.1 Å². The second-order valence-electron chi connectivity index (χ2n) is 3.62. The van der Waals surface area contributed by atoms with Crippen molar-refractivity contribution >= 4 is 5.69 Å². The molecule has 0 atom stereocenters. The first kappa shape index (κ1) is 11.6. The summed E-state index contributed by atoms with van der Waals surface area (Å²) < 4.78 is 28.1. The highest BCUT2D eigenvalue weighted by molar-refractivity contribution is 5.38. The molecule has 17 heavy (non-hydrogen) atoms. The zero-order valence-corrected chi connectivity index (χ0v) is 9.40. The van der Waals surface area contributed by atoms with E-state index in [0.29, 0.717) is 12.1 Å². The Morgan fingerprint density at radius 3 is 2.82 bits per heavy atom. The minimum atomic E-state index is -0.460. The van der Waals surface area contributed by atoms with E-state index in [9.17, 15) is 8.78 Å². The molecule has 0 fully saturated rings. The Hall–Kier alpha value is -1.92. The Balaban J connectivity index is 1.95. The SMILES string of the molecule is Cn1ncc(CNc2cnn(CCF)c2)c1F. The fourth-order valence-electron chi connectivity index (χ4n) is 1.45. The Kier molecular flexibility index (Phi) is 3.36. The molecule has 92 valence electrons. The molecule has 0 bridgehead atoms. The Bertz CT molecular complexity index is 491. The molecular weight excluding hydrogens is 228 g/mol. The molecule has 0 spiro atoms. The summed E-state index contributed by atoms with van der Waals surface area (Å²) in [7, 11) is 1.54. The van der Waals surface area contributed by atoms with Gasteiger partial charge in [-0.25, -0.2) is 9.07 Å². The van der Waals surface area contributed by atoms with Crippen molar-refractivity contribution in [1.29, 1.82) is 0 Å². The molecule has 0 unspecified atom stereocenters. The van der Waals surface area contributed by atoms with E-state index in [1.54, 1.807) is 12.4 Å². The number of halogens is 2. The zero-order valence-electron chi connectivity index (χ0n) is 9.40. The van der Waals surface area contributed by atoms with E-state index in [2.05, 4.69) is 15.5 Å². The normalized spacial score (nSPS) is 10.8. The van der Waals surface area contributed by atoms with E-state index in [1.165, 1.54) is 22.6 Å². The van der Waals surface area contributed by atoms with Gasteiger partial charge < -0.3 is 5.32 Å². The van der Waals surface area contributed by atoms with Crippen LogP contribution in [-0.4, -0.2) is 26.2 Å². The van der Waals surface area contributed by atoms with E-state index < -0.39 is 6.67 Å². The first-order chi connectivity index (χ1) is 8.20. The Labute approximate surface area is 97.0 Å². The molecule has 0 saturated carbocycles. The molecule has 0 radical (unpaired) electrons. The van der Waals surface area contributed by atoms with Crippen molar-refractivity contribution in [2.75, 3.05) is 12.0 Å². The summed E-state index contributed by atoms with van der Waals surface area (Å²) in [6.45, 7) is 0.0856. The molecule has 0 aliphatic rings. The van der Waals surface area contributed by atoms with Crippen molar-refractivity contribution in [3.05, 3.63) is 30.1 Å². The topological polar surface area (TPSA) is 47.7 Å². The van der Waals surface area contributed by atoms with Gasteiger partial charge in [-0.1, -0.05) is 0 Å². The third kappa shape index (κ3) is 2.61. The van der Waals surface area contributed by atoms with Crippen LogP contribution in [0.5, 0.6) is 0 Å². The molecule has 5 nitrogen and oxygen atoms in total. The number of nitrogens with zero attached hydrogens (tertiary/aromatic N) is 4. The lowest BCUT2D eigenvalue weighted by atomic mass is 10.3. The highest BCUT2D eigenvalue weighted by atomic mass is 19.1. The summed E-state index contributed by atoms with van der Waals surface area (Å²) in [5.74, 6) is -0.367. The number of hydrogen-bond donors (Lipinski definition) is 1. The largest absolute Gasteiger partial charge is 0.378 e. The monoisotopic (exact) mass is 241 g/mol. The zero-order chi connectivity index (χ0) is 12.3. The number of alkyl halides is 1. The third-order valence-electron chi connectivity index (χ3n) is 2.37. The van der Waals surface area contributed by atoms with Crippen molar-refractivity contribution in [1.82, 2.24) is 19.6 Å². The summed E-state index contributed by atoms with van der Waals surface area (Å²) in [6, 6.07) is 0. The number of hydrogen-bond acceptors (Lipinski definition) is 3. The van der Waals surface area contributed by atoms with E-state index in [-0.39, 0.29) is 12.5 Å². The van der Waals surface area contributed by atoms with Gasteiger partial charge in [-0.2, -0.15) is 14.6 Å². The van der Waals surface area contributed by atoms with Gasteiger partial charge in [0.05, 0.1) is 24.6 Å². The summed E-state index contributed by atoms with van der Waals surface area (Å²) >= 11 is 0. The molecule has 2 heterocycles. The highest BCUT2D eigenvalue weighted by Crippen LogP contribution is 2.10. The van der Waals surface area contributed by atoms with Gasteiger partial charge in [0, 0.05) is 25.4 Å². The first-order valence-corrected chi connectivity index (χ1v) is 5.19. The molecule has 1 N–H and O–H groups in total. The number of nitrogens with one attached hydrogen (secondary N) is 1. The van der Waals surface area contributed by atoms with Gasteiger partial charge in [0.25, 0.3) is 0 Å². The summed E-state index contributed by atoms with van der Waals surface area (Å²) in [4.78, 5) is 0. The van der Waals surface area contributed by atoms with E-state index in [4.69, 9.17) is 0 Å². The van der Waals surface area contributed by atoms with Crippen LogP contribution in [0.3, 0.4) is 0 Å². The molecular formula is C10H13F2N5. The maximum Gasteiger partial charge on any atom is 0.216 e. The maximum absolute atomic E-state index is 13.4. The lowest BCUT2D eigenvalue weighted by molar-refractivity contribution is 0.427. The second kappa shape index (κ2) is 4.94. The predicted molar refractivity (Wildman–Crippen MR) is 58.7 cm³/mol. The van der Waals surface area contributed by atoms with Crippen LogP contribution >= 0.6 is 0 Å². The predicted octanol–water partition coefficient (Wildman–Crippen LogP) is 1.34. The van der Waals surface area contributed by atoms with E-state index >= 15 is 0 Å². The van der Waals surface area contributed by atoms with Crippen LogP contribution in [0.2, 0.25) is 0 Å². The second-order valence-corrected chi connectivity index (χ2v) is 3.62. The molecule has 0 aromatic carbocycles. The third-order valence-corrected chi connectivity index (χ3v) is 2.37. The lowest BCUT2D eigenvalue weighted by Gasteiger charge is -2.01. The smallest absolute Gasteiger partial charge is 0.216 e. The lowest BCUT2D eigenvalue weighted by Crippen LogP contribution is -2.02. The average Bonchev–Trinajstić information content (AvgIpc) is 2.87. The standard InChI is InChI=1S/C10H13F2N5/c1-16-10(12)8(5-14-16)4-13-9-6-15-17(7-9)3-2-11/h5-7,13H,2-4H2,1H3. The van der Waals surface area contributed by atoms with Crippen molar-refractivity contribution in [3.8, 4) is 0 Å². The van der Waals surface area contributed by atoms with Gasteiger partial charge in [-0.05, 0) is 0 Å². The van der Waals surface area contributed by atoms with Gasteiger partial charge in [0.2, 0.25) is 5.95 Å². The van der Waals surface area contributed by atoms with Crippen LogP contribution in [0, 0.1) is 5.95 Å². The molecule has 2 aromatic rings. The number of aromatic nitrogens is 4. The average molecular weight is 241 g/mol. The quantitative estimate of drug-likeness (QED) is 0.859. The molecule has 2 aromatic heterocycles. The van der Waals surface area contributed by atoms with Crippen LogP contribution in [0.15, 0.2) is 18.6 Å². The van der Waals surface area contributed by atoms with E-state index in [1.807, 2.05) is 0 Å². The minimum absolute atomic E-state index is 0.225. The van der Waals surface area contributed by atoms with Gasteiger partial charge in [0.15, 0.2) is 0 Å². The van der Waals surface area contributed by atoms with Crippen LogP contribution in [0.4, 0.5) is 14.5 Å². The Morgan fingerprint density at radius 2 is 2.18 bits per heavy atom. The maximum atomic E-state index is 13.4. The van der Waals surface area contributed by atoms with Crippen LogP contribution in [0.1, 0.15) is 5.56 Å². The molecule has 0 amide bonds. The number of anilines is 1. The highest BCUT2D eigenvalue weighted by Gasteiger charge is 2.07. The molecule has 0 saturated heterocycles. The van der Waals surface area contributed by atoms with Gasteiger partial charge >= 0.3 is 0 Å². The molecule has 2 rings (SSSR count). The first-order valence-electron chi connectivity index (χ1n) is 5.19. The minimum Gasteiger partial charge on any atom is -0.378 e. The summed E-state index contributed by atoms with van der Waals surface area (Å²) in [5.41, 5.74) is 1.20. The summed E-state index contributed by atoms with van der Waals surface area (Å²) in [5, 5.41) is 10.7. The van der Waals surface area contributed by atoms with Crippen molar-refractivity contribution in [3.63, 3.8) is 0 Å². The molecule has 0 aliphatic heterocycles. The van der Waals surface area contributed by atoms with Crippen molar-refractivity contribution < 1.29 is 8.78 Å². The Morgan fingerprint density at radius 1 is 1.35 bits per heavy atom. The fraction of sp³-hybridized carbons (Fsp3) is 0.400. The van der Waals surface area contributed by atoms with Gasteiger partial charge in [-0.15, -0.1) is 0 Å². The summed E-state index contributed by atoms with van der Waals surface area (Å²) in [6.07, 6.45) is 4.71. The van der Waals surface area contributed by atoms with Crippen LogP contribution in [0.25, 0.3) is 0 Å². The van der Waals surface area contributed by atoms with E-state index in [0.717, 1.165) is 5.69 Å². The van der Waals surface area contributed by atoms with Crippen molar-refractivity contribution in [2.24, 2.45) is 7.05 Å².